The standard InChI is InChI=1S/C29H27N5O2/c1-18-11-13-21(14-12-18)17-34-25(30)23(28(35)31-20(3)22-9-5-4-6-10-22)16-24-27(34)32-26-19(2)8-7-15-33(26)29(24)36/h4-16,20,30H,17H2,1-3H3,(H,31,35). The molecule has 0 saturated carbocycles. The molecule has 0 aliphatic heterocycles. The van der Waals surface area contributed by atoms with E-state index >= 15 is 0 Å². The van der Waals surface area contributed by atoms with Crippen LogP contribution in [0, 0.1) is 19.3 Å². The summed E-state index contributed by atoms with van der Waals surface area (Å²) in [5.41, 5.74) is 4.64. The van der Waals surface area contributed by atoms with Gasteiger partial charge in [-0.15, -0.1) is 0 Å². The Hall–Kier alpha value is -4.52. The number of benzene rings is 2. The van der Waals surface area contributed by atoms with Gasteiger partial charge in [0.1, 0.15) is 16.8 Å². The fourth-order valence-electron chi connectivity index (χ4n) is 4.40. The maximum atomic E-state index is 13.5. The van der Waals surface area contributed by atoms with E-state index in [0.29, 0.717) is 23.2 Å². The van der Waals surface area contributed by atoms with Crippen molar-refractivity contribution in [3.8, 4) is 0 Å². The van der Waals surface area contributed by atoms with Crippen LogP contribution in [0.15, 0.2) is 83.8 Å². The number of rotatable bonds is 5. The molecule has 2 aromatic carbocycles. The van der Waals surface area contributed by atoms with E-state index in [-0.39, 0.29) is 22.7 Å². The minimum Gasteiger partial charge on any atom is -0.345 e. The van der Waals surface area contributed by atoms with Gasteiger partial charge in [0.25, 0.3) is 11.5 Å². The van der Waals surface area contributed by atoms with Crippen LogP contribution in [0.3, 0.4) is 0 Å². The van der Waals surface area contributed by atoms with Crippen molar-refractivity contribution in [2.45, 2.75) is 33.4 Å². The third-order valence-corrected chi connectivity index (χ3v) is 6.49. The van der Waals surface area contributed by atoms with Crippen LogP contribution in [0.2, 0.25) is 0 Å². The first-order valence-electron chi connectivity index (χ1n) is 11.8. The summed E-state index contributed by atoms with van der Waals surface area (Å²) in [4.78, 5) is 31.7. The molecule has 0 radical (unpaired) electrons. The van der Waals surface area contributed by atoms with Crippen molar-refractivity contribution in [2.75, 3.05) is 0 Å². The van der Waals surface area contributed by atoms with Crippen LogP contribution in [0.4, 0.5) is 0 Å². The molecule has 7 nitrogen and oxygen atoms in total. The van der Waals surface area contributed by atoms with E-state index in [1.807, 2.05) is 81.4 Å². The fourth-order valence-corrected chi connectivity index (χ4v) is 4.40. The molecule has 5 aromatic rings. The number of carbonyl (C=O) groups excluding carboxylic acids is 1. The van der Waals surface area contributed by atoms with Gasteiger partial charge in [-0.1, -0.05) is 66.2 Å². The molecule has 7 heteroatoms. The van der Waals surface area contributed by atoms with E-state index in [9.17, 15) is 9.59 Å². The Bertz CT molecular complexity index is 1720. The number of amides is 1. The Kier molecular flexibility index (Phi) is 5.98. The van der Waals surface area contributed by atoms with Crippen LogP contribution in [0.1, 0.15) is 45.6 Å². The smallest absolute Gasteiger partial charge is 0.267 e. The highest BCUT2D eigenvalue weighted by Gasteiger charge is 2.20. The van der Waals surface area contributed by atoms with E-state index in [0.717, 1.165) is 22.3 Å². The Balaban J connectivity index is 1.71. The number of fused-ring (bicyclic) bond motifs is 2. The number of hydrogen-bond acceptors (Lipinski definition) is 4. The fraction of sp³-hybridized carbons (Fsp3) is 0.172. The van der Waals surface area contributed by atoms with Crippen molar-refractivity contribution in [3.05, 3.63) is 123 Å². The number of nitrogens with zero attached hydrogens (tertiary/aromatic N) is 3. The molecule has 0 spiro atoms. The molecule has 0 bridgehead atoms. The van der Waals surface area contributed by atoms with Crippen molar-refractivity contribution < 1.29 is 4.79 Å². The summed E-state index contributed by atoms with van der Waals surface area (Å²) in [5.74, 6) is -0.412. The number of nitrogens with one attached hydrogen (secondary N) is 2. The van der Waals surface area contributed by atoms with Crippen LogP contribution in [-0.4, -0.2) is 19.9 Å². The minimum atomic E-state index is -0.412. The second kappa shape index (κ2) is 9.26. The summed E-state index contributed by atoms with van der Waals surface area (Å²) in [6.07, 6.45) is 1.67. The molecule has 0 aliphatic carbocycles. The van der Waals surface area contributed by atoms with Crippen LogP contribution in [0.5, 0.6) is 0 Å². The molecule has 3 heterocycles. The number of aryl methyl sites for hydroxylation is 2. The molecule has 1 atom stereocenters. The quantitative estimate of drug-likeness (QED) is 0.370. The lowest BCUT2D eigenvalue weighted by Gasteiger charge is -2.17. The van der Waals surface area contributed by atoms with Gasteiger partial charge in [-0.25, -0.2) is 4.98 Å². The summed E-state index contributed by atoms with van der Waals surface area (Å²) >= 11 is 0. The lowest BCUT2D eigenvalue weighted by Crippen LogP contribution is -2.36. The van der Waals surface area contributed by atoms with Gasteiger partial charge < -0.3 is 9.88 Å². The van der Waals surface area contributed by atoms with E-state index in [2.05, 4.69) is 5.32 Å². The zero-order valence-corrected chi connectivity index (χ0v) is 20.4. The Morgan fingerprint density at radius 2 is 1.72 bits per heavy atom. The molecule has 2 N–H and O–H groups in total. The van der Waals surface area contributed by atoms with Crippen LogP contribution in [-0.2, 0) is 6.54 Å². The monoisotopic (exact) mass is 477 g/mol. The molecule has 0 aliphatic rings. The molecule has 5 rings (SSSR count). The molecule has 3 aromatic heterocycles. The maximum absolute atomic E-state index is 13.5. The molecular formula is C29H27N5O2. The largest absolute Gasteiger partial charge is 0.345 e. The lowest BCUT2D eigenvalue weighted by molar-refractivity contribution is 0.0937. The van der Waals surface area contributed by atoms with Gasteiger partial charge in [0, 0.05) is 6.20 Å². The first-order valence-corrected chi connectivity index (χ1v) is 11.8. The minimum absolute atomic E-state index is 0.00525. The number of hydrogen-bond donors (Lipinski definition) is 2. The molecule has 1 unspecified atom stereocenters. The number of pyridine rings is 2. The van der Waals surface area contributed by atoms with E-state index < -0.39 is 5.91 Å². The second-order valence-corrected chi connectivity index (χ2v) is 9.12. The molecule has 180 valence electrons. The van der Waals surface area contributed by atoms with Crippen molar-refractivity contribution in [2.24, 2.45) is 0 Å². The first-order chi connectivity index (χ1) is 17.3. The van der Waals surface area contributed by atoms with Gasteiger partial charge in [0.2, 0.25) is 0 Å². The van der Waals surface area contributed by atoms with Crippen molar-refractivity contribution >= 4 is 22.6 Å². The highest BCUT2D eigenvalue weighted by Crippen LogP contribution is 2.16. The van der Waals surface area contributed by atoms with Crippen molar-refractivity contribution in [1.29, 1.82) is 5.41 Å². The zero-order valence-electron chi connectivity index (χ0n) is 20.4. The SMILES string of the molecule is Cc1ccc(Cn2c(=N)c(C(=O)NC(C)c3ccccc3)cc3c(=O)n4cccc(C)c4nc32)cc1. The highest BCUT2D eigenvalue weighted by atomic mass is 16.2. The van der Waals surface area contributed by atoms with Gasteiger partial charge in [-0.2, -0.15) is 0 Å². The average molecular weight is 478 g/mol. The molecular weight excluding hydrogens is 450 g/mol. The number of aromatic nitrogens is 3. The van der Waals surface area contributed by atoms with E-state index in [4.69, 9.17) is 10.4 Å². The summed E-state index contributed by atoms with van der Waals surface area (Å²) in [7, 11) is 0. The predicted octanol–water partition coefficient (Wildman–Crippen LogP) is 4.28. The normalized spacial score (nSPS) is 12.1. The Morgan fingerprint density at radius 1 is 1.00 bits per heavy atom. The Morgan fingerprint density at radius 3 is 2.44 bits per heavy atom. The van der Waals surface area contributed by atoms with Crippen LogP contribution < -0.4 is 16.4 Å². The molecule has 0 fully saturated rings. The van der Waals surface area contributed by atoms with E-state index in [1.165, 1.54) is 10.5 Å². The van der Waals surface area contributed by atoms with Gasteiger partial charge in [0.15, 0.2) is 0 Å². The molecule has 1 amide bonds. The summed E-state index contributed by atoms with van der Waals surface area (Å²) in [5, 5.41) is 12.3. The molecule has 36 heavy (non-hydrogen) atoms. The van der Waals surface area contributed by atoms with E-state index in [1.54, 1.807) is 16.8 Å². The van der Waals surface area contributed by atoms with Crippen LogP contribution >= 0.6 is 0 Å². The van der Waals surface area contributed by atoms with Crippen molar-refractivity contribution in [1.82, 2.24) is 19.3 Å². The highest BCUT2D eigenvalue weighted by molar-refractivity contribution is 5.97. The topological polar surface area (TPSA) is 92.2 Å². The molecule has 0 saturated heterocycles. The zero-order chi connectivity index (χ0) is 25.4. The lowest BCUT2D eigenvalue weighted by atomic mass is 10.1. The maximum Gasteiger partial charge on any atom is 0.267 e. The third kappa shape index (κ3) is 4.20. The van der Waals surface area contributed by atoms with Crippen LogP contribution in [0.25, 0.3) is 16.7 Å². The van der Waals surface area contributed by atoms with Gasteiger partial charge in [-0.05, 0) is 49.6 Å². The number of carbonyl (C=O) groups is 1. The predicted molar refractivity (Wildman–Crippen MR) is 140 cm³/mol. The van der Waals surface area contributed by atoms with Crippen molar-refractivity contribution in [3.63, 3.8) is 0 Å². The Labute approximate surface area is 208 Å². The second-order valence-electron chi connectivity index (χ2n) is 9.12. The average Bonchev–Trinajstić information content (AvgIpc) is 2.88. The third-order valence-electron chi connectivity index (χ3n) is 6.49. The van der Waals surface area contributed by atoms with Gasteiger partial charge in [0.05, 0.1) is 23.5 Å². The summed E-state index contributed by atoms with van der Waals surface area (Å²) in [6, 6.07) is 22.5. The van der Waals surface area contributed by atoms with Gasteiger partial charge >= 0.3 is 0 Å². The summed E-state index contributed by atoms with van der Waals surface area (Å²) < 4.78 is 3.14. The summed E-state index contributed by atoms with van der Waals surface area (Å²) in [6.45, 7) is 6.11. The van der Waals surface area contributed by atoms with Gasteiger partial charge in [-0.3, -0.25) is 19.4 Å². The first kappa shape index (κ1) is 23.2.